The molecule has 0 spiro atoms. The molecule has 0 saturated heterocycles. The molecule has 0 amide bonds. The number of ether oxygens (including phenoxy) is 1. The molecule has 0 aliphatic rings. The van der Waals surface area contributed by atoms with Gasteiger partial charge in [0.2, 0.25) is 5.60 Å². The number of nitrogens with two attached hydrogens (primary N) is 1. The van der Waals surface area contributed by atoms with Gasteiger partial charge in [-0.3, -0.25) is 4.79 Å². The zero-order valence-electron chi connectivity index (χ0n) is 7.16. The summed E-state index contributed by atoms with van der Waals surface area (Å²) in [5, 5.41) is 9.28. The third-order valence-electron chi connectivity index (χ3n) is 1.40. The molecule has 0 heterocycles. The van der Waals surface area contributed by atoms with Gasteiger partial charge in [-0.25, -0.2) is 4.79 Å². The summed E-state index contributed by atoms with van der Waals surface area (Å²) in [5.74, 6) is -1.71. The van der Waals surface area contributed by atoms with E-state index in [2.05, 4.69) is 4.74 Å². The van der Waals surface area contributed by atoms with Crippen molar-refractivity contribution in [2.75, 3.05) is 13.2 Å². The molecule has 70 valence electrons. The van der Waals surface area contributed by atoms with Crippen molar-refractivity contribution in [1.29, 1.82) is 0 Å². The first-order valence-corrected chi connectivity index (χ1v) is 3.59. The third kappa shape index (κ3) is 2.28. The van der Waals surface area contributed by atoms with Crippen LogP contribution in [-0.2, 0) is 14.3 Å². The van der Waals surface area contributed by atoms with E-state index in [1.54, 1.807) is 6.92 Å². The van der Waals surface area contributed by atoms with Crippen molar-refractivity contribution in [1.82, 2.24) is 0 Å². The lowest BCUT2D eigenvalue weighted by Crippen LogP contribution is -2.47. The highest BCUT2D eigenvalue weighted by molar-refractivity contribution is 6.07. The van der Waals surface area contributed by atoms with Gasteiger partial charge in [0.05, 0.1) is 13.2 Å². The summed E-state index contributed by atoms with van der Waals surface area (Å²) in [6, 6.07) is 0. The lowest BCUT2D eigenvalue weighted by Gasteiger charge is -2.18. The lowest BCUT2D eigenvalue weighted by molar-refractivity contribution is -0.167. The Morgan fingerprint density at radius 2 is 2.08 bits per heavy atom. The third-order valence-corrected chi connectivity index (χ3v) is 1.40. The number of Topliss-reactive ketones (excluding diaryl/α,β-unsaturated/α-hetero) is 1. The van der Waals surface area contributed by atoms with Crippen LogP contribution in [0.4, 0.5) is 0 Å². The molecule has 0 aliphatic heterocycles. The maximum absolute atomic E-state index is 10.9. The van der Waals surface area contributed by atoms with Crippen LogP contribution in [0.1, 0.15) is 13.8 Å². The maximum atomic E-state index is 10.9. The number of hydrogen-bond donors (Lipinski definition) is 2. The van der Waals surface area contributed by atoms with Crippen molar-refractivity contribution in [3.63, 3.8) is 0 Å². The van der Waals surface area contributed by atoms with Crippen LogP contribution < -0.4 is 5.73 Å². The molecule has 0 aliphatic carbocycles. The van der Waals surface area contributed by atoms with Gasteiger partial charge in [-0.2, -0.15) is 0 Å². The molecule has 5 nitrogen and oxygen atoms in total. The average molecular weight is 175 g/mol. The minimum Gasteiger partial charge on any atom is -0.464 e. The molecule has 12 heavy (non-hydrogen) atoms. The lowest BCUT2D eigenvalue weighted by atomic mass is 10.0. The SMILES string of the molecule is CCOC(=O)C(C)(O)C(=O)CN. The quantitative estimate of drug-likeness (QED) is 0.415. The molecule has 0 aromatic carbocycles. The van der Waals surface area contributed by atoms with Crippen LogP contribution in [-0.4, -0.2) is 35.6 Å². The number of rotatable bonds is 4. The summed E-state index contributed by atoms with van der Waals surface area (Å²) in [4.78, 5) is 21.8. The number of carbonyl (C=O) groups excluding carboxylic acids is 2. The highest BCUT2D eigenvalue weighted by Crippen LogP contribution is 2.06. The Balaban J connectivity index is 4.38. The van der Waals surface area contributed by atoms with E-state index in [0.717, 1.165) is 6.92 Å². The molecular weight excluding hydrogens is 162 g/mol. The zero-order chi connectivity index (χ0) is 9.78. The average Bonchev–Trinajstić information content (AvgIpc) is 2.03. The van der Waals surface area contributed by atoms with Crippen molar-refractivity contribution in [3.8, 4) is 0 Å². The largest absolute Gasteiger partial charge is 0.464 e. The fourth-order valence-electron chi connectivity index (χ4n) is 0.584. The van der Waals surface area contributed by atoms with Gasteiger partial charge in [0.25, 0.3) is 0 Å². The molecule has 0 fully saturated rings. The second-order valence-electron chi connectivity index (χ2n) is 2.42. The van der Waals surface area contributed by atoms with Gasteiger partial charge >= 0.3 is 5.97 Å². The molecule has 0 aromatic rings. The summed E-state index contributed by atoms with van der Waals surface area (Å²) < 4.78 is 4.46. The van der Waals surface area contributed by atoms with Crippen molar-refractivity contribution in [2.45, 2.75) is 19.4 Å². The molecule has 0 rings (SSSR count). The zero-order valence-corrected chi connectivity index (χ0v) is 7.16. The van der Waals surface area contributed by atoms with E-state index in [1.807, 2.05) is 0 Å². The number of esters is 1. The number of ketones is 1. The molecule has 0 bridgehead atoms. The first kappa shape index (κ1) is 11.1. The Morgan fingerprint density at radius 3 is 2.42 bits per heavy atom. The Hall–Kier alpha value is -0.940. The van der Waals surface area contributed by atoms with E-state index in [4.69, 9.17) is 5.73 Å². The summed E-state index contributed by atoms with van der Waals surface area (Å²) in [5.41, 5.74) is 2.87. The second kappa shape index (κ2) is 4.18. The highest BCUT2D eigenvalue weighted by atomic mass is 16.5. The highest BCUT2D eigenvalue weighted by Gasteiger charge is 2.38. The number of carbonyl (C=O) groups is 2. The van der Waals surface area contributed by atoms with Gasteiger partial charge in [0.1, 0.15) is 0 Å². The van der Waals surface area contributed by atoms with Crippen molar-refractivity contribution in [3.05, 3.63) is 0 Å². The van der Waals surface area contributed by atoms with E-state index in [9.17, 15) is 14.7 Å². The van der Waals surface area contributed by atoms with Crippen LogP contribution in [0.15, 0.2) is 0 Å². The maximum Gasteiger partial charge on any atom is 0.345 e. The van der Waals surface area contributed by atoms with Gasteiger partial charge in [-0.05, 0) is 13.8 Å². The standard InChI is InChI=1S/C7H13NO4/c1-3-12-6(10)7(2,11)5(9)4-8/h11H,3-4,8H2,1-2H3. The predicted octanol–water partition coefficient (Wildman–Crippen LogP) is -1.17. The van der Waals surface area contributed by atoms with Gasteiger partial charge < -0.3 is 15.6 Å². The van der Waals surface area contributed by atoms with Crippen LogP contribution in [0.3, 0.4) is 0 Å². The smallest absolute Gasteiger partial charge is 0.345 e. The summed E-state index contributed by atoms with van der Waals surface area (Å²) in [7, 11) is 0. The molecule has 3 N–H and O–H groups in total. The fraction of sp³-hybridized carbons (Fsp3) is 0.714. The van der Waals surface area contributed by atoms with Crippen molar-refractivity contribution >= 4 is 11.8 Å². The van der Waals surface area contributed by atoms with Crippen LogP contribution in [0.25, 0.3) is 0 Å². The monoisotopic (exact) mass is 175 g/mol. The second-order valence-corrected chi connectivity index (χ2v) is 2.42. The number of hydrogen-bond acceptors (Lipinski definition) is 5. The minimum absolute atomic E-state index is 0.118. The Morgan fingerprint density at radius 1 is 1.58 bits per heavy atom. The number of aliphatic hydroxyl groups is 1. The predicted molar refractivity (Wildman–Crippen MR) is 41.3 cm³/mol. The normalized spacial score (nSPS) is 15.0. The molecule has 1 unspecified atom stereocenters. The van der Waals surface area contributed by atoms with Gasteiger partial charge in [0.15, 0.2) is 5.78 Å². The molecular formula is C7H13NO4. The first-order chi connectivity index (χ1) is 5.46. The van der Waals surface area contributed by atoms with Gasteiger partial charge in [-0.1, -0.05) is 0 Å². The van der Waals surface area contributed by atoms with Crippen LogP contribution in [0.2, 0.25) is 0 Å². The van der Waals surface area contributed by atoms with E-state index >= 15 is 0 Å². The Bertz CT molecular complexity index is 188. The summed E-state index contributed by atoms with van der Waals surface area (Å²) >= 11 is 0. The summed E-state index contributed by atoms with van der Waals surface area (Å²) in [6.07, 6.45) is 0. The Kier molecular flexibility index (Phi) is 3.85. The van der Waals surface area contributed by atoms with Crippen LogP contribution in [0, 0.1) is 0 Å². The van der Waals surface area contributed by atoms with E-state index in [1.165, 1.54) is 0 Å². The van der Waals surface area contributed by atoms with Crippen LogP contribution >= 0.6 is 0 Å². The Labute approximate surface area is 70.5 Å². The van der Waals surface area contributed by atoms with E-state index in [0.29, 0.717) is 0 Å². The van der Waals surface area contributed by atoms with Gasteiger partial charge in [-0.15, -0.1) is 0 Å². The van der Waals surface area contributed by atoms with Crippen molar-refractivity contribution < 1.29 is 19.4 Å². The molecule has 1 atom stereocenters. The molecule has 0 radical (unpaired) electrons. The summed E-state index contributed by atoms with van der Waals surface area (Å²) in [6.45, 7) is 2.39. The molecule has 0 aromatic heterocycles. The van der Waals surface area contributed by atoms with Gasteiger partial charge in [0, 0.05) is 0 Å². The topological polar surface area (TPSA) is 89.6 Å². The van der Waals surface area contributed by atoms with Crippen LogP contribution in [0.5, 0.6) is 0 Å². The van der Waals surface area contributed by atoms with E-state index < -0.39 is 17.4 Å². The van der Waals surface area contributed by atoms with E-state index in [-0.39, 0.29) is 13.2 Å². The fourth-order valence-corrected chi connectivity index (χ4v) is 0.584. The molecule has 0 saturated carbocycles. The minimum atomic E-state index is -2.11. The molecule has 5 heteroatoms. The van der Waals surface area contributed by atoms with Crippen molar-refractivity contribution in [2.24, 2.45) is 5.73 Å². The first-order valence-electron chi connectivity index (χ1n) is 3.59.